The monoisotopic (exact) mass is 200 g/mol. The summed E-state index contributed by atoms with van der Waals surface area (Å²) in [6.45, 7) is 9.13. The van der Waals surface area contributed by atoms with Crippen LogP contribution in [-0.2, 0) is 14.2 Å². The van der Waals surface area contributed by atoms with Gasteiger partial charge < -0.3 is 14.2 Å². The predicted octanol–water partition coefficient (Wildman–Crippen LogP) is 2.10. The van der Waals surface area contributed by atoms with E-state index >= 15 is 0 Å². The van der Waals surface area contributed by atoms with E-state index in [2.05, 4.69) is 27.7 Å². The lowest BCUT2D eigenvalue weighted by Gasteiger charge is -2.30. The Morgan fingerprint density at radius 1 is 1.00 bits per heavy atom. The summed E-state index contributed by atoms with van der Waals surface area (Å²) in [5, 5.41) is 0. The van der Waals surface area contributed by atoms with Crippen LogP contribution in [0, 0.1) is 0 Å². The third-order valence-corrected chi connectivity index (χ3v) is 3.54. The highest BCUT2D eigenvalue weighted by molar-refractivity contribution is 4.96. The maximum Gasteiger partial charge on any atom is 0.185 e. The lowest BCUT2D eigenvalue weighted by atomic mass is 9.90. The second-order valence-corrected chi connectivity index (χ2v) is 5.18. The molecule has 2 fully saturated rings. The van der Waals surface area contributed by atoms with Crippen molar-refractivity contribution in [3.8, 4) is 0 Å². The summed E-state index contributed by atoms with van der Waals surface area (Å²) >= 11 is 0. The molecule has 14 heavy (non-hydrogen) atoms. The van der Waals surface area contributed by atoms with Crippen LogP contribution in [0.4, 0.5) is 0 Å². The van der Waals surface area contributed by atoms with Crippen molar-refractivity contribution in [2.45, 2.75) is 64.1 Å². The summed E-state index contributed by atoms with van der Waals surface area (Å²) in [5.74, 6) is 0. The molecule has 2 aliphatic rings. The van der Waals surface area contributed by atoms with Crippen LogP contribution in [0.1, 0.15) is 40.5 Å². The van der Waals surface area contributed by atoms with Gasteiger partial charge in [0.2, 0.25) is 0 Å². The zero-order chi connectivity index (χ0) is 10.4. The van der Waals surface area contributed by atoms with E-state index in [1.54, 1.807) is 0 Å². The first kappa shape index (κ1) is 10.4. The van der Waals surface area contributed by atoms with E-state index in [9.17, 15) is 0 Å². The summed E-state index contributed by atoms with van der Waals surface area (Å²) in [4.78, 5) is 0. The zero-order valence-electron chi connectivity index (χ0n) is 9.50. The Morgan fingerprint density at radius 2 is 1.57 bits per heavy atom. The molecule has 2 heterocycles. The van der Waals surface area contributed by atoms with Crippen LogP contribution in [-0.4, -0.2) is 30.2 Å². The average molecular weight is 200 g/mol. The van der Waals surface area contributed by atoms with Gasteiger partial charge >= 0.3 is 0 Å². The van der Waals surface area contributed by atoms with Crippen molar-refractivity contribution in [2.24, 2.45) is 0 Å². The Hall–Kier alpha value is -0.120. The van der Waals surface area contributed by atoms with Gasteiger partial charge in [0, 0.05) is 6.61 Å². The van der Waals surface area contributed by atoms with Crippen LogP contribution < -0.4 is 0 Å². The zero-order valence-corrected chi connectivity index (χ0v) is 9.50. The van der Waals surface area contributed by atoms with Gasteiger partial charge in [0.1, 0.15) is 6.10 Å². The van der Waals surface area contributed by atoms with Crippen molar-refractivity contribution in [3.05, 3.63) is 0 Å². The molecule has 0 aromatic rings. The van der Waals surface area contributed by atoms with E-state index < -0.39 is 0 Å². The van der Waals surface area contributed by atoms with Gasteiger partial charge in [0.15, 0.2) is 6.29 Å². The Balaban J connectivity index is 2.05. The molecule has 1 atom stereocenters. The SMILES string of the molecule is CC1(C)OC(C2CCCO2)OC1(C)C. The summed E-state index contributed by atoms with van der Waals surface area (Å²) in [7, 11) is 0. The van der Waals surface area contributed by atoms with Crippen LogP contribution in [0.5, 0.6) is 0 Å². The standard InChI is InChI=1S/C11H20O3/c1-10(2)11(3,4)14-9(13-10)8-6-5-7-12-8/h8-9H,5-7H2,1-4H3. The van der Waals surface area contributed by atoms with Crippen molar-refractivity contribution in [1.82, 2.24) is 0 Å². The molecule has 0 aromatic carbocycles. The van der Waals surface area contributed by atoms with Crippen molar-refractivity contribution in [2.75, 3.05) is 6.61 Å². The molecule has 1 unspecified atom stereocenters. The molecule has 82 valence electrons. The molecule has 0 bridgehead atoms. The van der Waals surface area contributed by atoms with E-state index in [1.165, 1.54) is 0 Å². The summed E-state index contributed by atoms with van der Waals surface area (Å²) in [6, 6.07) is 0. The quantitative estimate of drug-likeness (QED) is 0.648. The van der Waals surface area contributed by atoms with Gasteiger partial charge in [-0.1, -0.05) is 0 Å². The molecule has 0 amide bonds. The summed E-state index contributed by atoms with van der Waals surface area (Å²) < 4.78 is 17.4. The smallest absolute Gasteiger partial charge is 0.185 e. The molecule has 0 radical (unpaired) electrons. The van der Waals surface area contributed by atoms with Crippen LogP contribution in [0.25, 0.3) is 0 Å². The molecular formula is C11H20O3. The normalized spacial score (nSPS) is 36.4. The van der Waals surface area contributed by atoms with Gasteiger partial charge in [-0.15, -0.1) is 0 Å². The second-order valence-electron chi connectivity index (χ2n) is 5.18. The van der Waals surface area contributed by atoms with Crippen LogP contribution in [0.3, 0.4) is 0 Å². The van der Waals surface area contributed by atoms with E-state index in [-0.39, 0.29) is 23.6 Å². The maximum absolute atomic E-state index is 5.90. The Kier molecular flexibility index (Phi) is 2.37. The van der Waals surface area contributed by atoms with Gasteiger partial charge in [-0.3, -0.25) is 0 Å². The van der Waals surface area contributed by atoms with Crippen molar-refractivity contribution in [3.63, 3.8) is 0 Å². The van der Waals surface area contributed by atoms with Gasteiger partial charge in [0.05, 0.1) is 11.2 Å². The molecule has 0 aromatic heterocycles. The van der Waals surface area contributed by atoms with Gasteiger partial charge in [0.25, 0.3) is 0 Å². The molecule has 0 saturated carbocycles. The fourth-order valence-electron chi connectivity index (χ4n) is 1.86. The third-order valence-electron chi connectivity index (χ3n) is 3.54. The number of rotatable bonds is 1. The average Bonchev–Trinajstić information content (AvgIpc) is 2.58. The largest absolute Gasteiger partial charge is 0.373 e. The van der Waals surface area contributed by atoms with E-state index in [0.717, 1.165) is 19.4 Å². The molecule has 2 rings (SSSR count). The molecule has 0 aliphatic carbocycles. The highest BCUT2D eigenvalue weighted by Crippen LogP contribution is 2.40. The van der Waals surface area contributed by atoms with Crippen LogP contribution >= 0.6 is 0 Å². The summed E-state index contributed by atoms with van der Waals surface area (Å²) in [6.07, 6.45) is 2.13. The molecule has 2 aliphatic heterocycles. The lowest BCUT2D eigenvalue weighted by Crippen LogP contribution is -2.41. The van der Waals surface area contributed by atoms with E-state index in [0.29, 0.717) is 0 Å². The van der Waals surface area contributed by atoms with Crippen molar-refractivity contribution < 1.29 is 14.2 Å². The van der Waals surface area contributed by atoms with Crippen LogP contribution in [0.2, 0.25) is 0 Å². The first-order valence-corrected chi connectivity index (χ1v) is 5.40. The number of ether oxygens (including phenoxy) is 3. The molecular weight excluding hydrogens is 180 g/mol. The predicted molar refractivity (Wildman–Crippen MR) is 53.1 cm³/mol. The highest BCUT2D eigenvalue weighted by Gasteiger charge is 2.51. The van der Waals surface area contributed by atoms with Crippen molar-refractivity contribution in [1.29, 1.82) is 0 Å². The number of hydrogen-bond acceptors (Lipinski definition) is 3. The fourth-order valence-corrected chi connectivity index (χ4v) is 1.86. The second kappa shape index (κ2) is 3.19. The van der Waals surface area contributed by atoms with Gasteiger partial charge in [-0.05, 0) is 40.5 Å². The molecule has 0 N–H and O–H groups in total. The Morgan fingerprint density at radius 3 is 2.00 bits per heavy atom. The Labute approximate surface area is 85.7 Å². The Bertz CT molecular complexity index is 201. The minimum absolute atomic E-state index is 0.135. The number of hydrogen-bond donors (Lipinski definition) is 0. The maximum atomic E-state index is 5.90. The van der Waals surface area contributed by atoms with Crippen LogP contribution in [0.15, 0.2) is 0 Å². The first-order chi connectivity index (χ1) is 6.42. The lowest BCUT2D eigenvalue weighted by molar-refractivity contribution is -0.155. The van der Waals surface area contributed by atoms with Gasteiger partial charge in [-0.2, -0.15) is 0 Å². The minimum atomic E-state index is -0.233. The molecule has 0 spiro atoms. The van der Waals surface area contributed by atoms with E-state index in [1.807, 2.05) is 0 Å². The van der Waals surface area contributed by atoms with Gasteiger partial charge in [-0.25, -0.2) is 0 Å². The van der Waals surface area contributed by atoms with Crippen molar-refractivity contribution >= 4 is 0 Å². The highest BCUT2D eigenvalue weighted by atomic mass is 16.8. The topological polar surface area (TPSA) is 27.7 Å². The fraction of sp³-hybridized carbons (Fsp3) is 1.00. The molecule has 3 heteroatoms. The summed E-state index contributed by atoms with van der Waals surface area (Å²) in [5.41, 5.74) is -0.465. The molecule has 3 nitrogen and oxygen atoms in total. The minimum Gasteiger partial charge on any atom is -0.373 e. The third kappa shape index (κ3) is 1.58. The first-order valence-electron chi connectivity index (χ1n) is 5.40. The molecule has 2 saturated heterocycles. The van der Waals surface area contributed by atoms with E-state index in [4.69, 9.17) is 14.2 Å².